The molecule has 9 heteroatoms. The summed E-state index contributed by atoms with van der Waals surface area (Å²) in [4.78, 5) is 13.5. The Bertz CT molecular complexity index is 580. The summed E-state index contributed by atoms with van der Waals surface area (Å²) in [6.45, 7) is 1.27. The number of ether oxygens (including phenoxy) is 1. The topological polar surface area (TPSA) is 59.4 Å². The Hall–Kier alpha value is -2.03. The summed E-state index contributed by atoms with van der Waals surface area (Å²) < 4.78 is 44.5. The van der Waals surface area contributed by atoms with Gasteiger partial charge in [-0.2, -0.15) is 18.3 Å². The number of anilines is 1. The lowest BCUT2D eigenvalue weighted by molar-refractivity contribution is -0.140. The molecule has 0 saturated heterocycles. The van der Waals surface area contributed by atoms with Crippen molar-refractivity contribution >= 4 is 11.7 Å². The number of rotatable bonds is 3. The number of alkyl halides is 3. The molecule has 0 saturated carbocycles. The normalized spacial score (nSPS) is 15.7. The van der Waals surface area contributed by atoms with Crippen LogP contribution in [0.15, 0.2) is 17.8 Å². The van der Waals surface area contributed by atoms with E-state index in [9.17, 15) is 18.0 Å². The van der Waals surface area contributed by atoms with Gasteiger partial charge in [0.2, 0.25) is 0 Å². The maximum atomic E-state index is 12.8. The Morgan fingerprint density at radius 2 is 2.23 bits per heavy atom. The highest BCUT2D eigenvalue weighted by molar-refractivity contribution is 5.90. The minimum absolute atomic E-state index is 0.339. The summed E-state index contributed by atoms with van der Waals surface area (Å²) in [5.41, 5.74) is -0.369. The van der Waals surface area contributed by atoms with Gasteiger partial charge in [-0.05, 0) is 12.0 Å². The second kappa shape index (κ2) is 6.39. The number of hydrogen-bond acceptors (Lipinski definition) is 3. The molecular weight excluding hydrogens is 301 g/mol. The number of urea groups is 1. The number of aryl methyl sites for hydroxylation is 1. The lowest BCUT2D eigenvalue weighted by Gasteiger charge is -2.26. The minimum Gasteiger partial charge on any atom is -0.380 e. The van der Waals surface area contributed by atoms with Crippen LogP contribution in [0.1, 0.15) is 12.1 Å². The highest BCUT2D eigenvalue weighted by Crippen LogP contribution is 2.33. The van der Waals surface area contributed by atoms with Crippen LogP contribution in [0.5, 0.6) is 0 Å². The molecule has 1 aliphatic heterocycles. The average Bonchev–Trinajstić information content (AvgIpc) is 2.81. The first kappa shape index (κ1) is 16.3. The number of carbonyl (C=O) groups is 1. The van der Waals surface area contributed by atoms with Crippen molar-refractivity contribution < 1.29 is 22.7 Å². The first-order valence-corrected chi connectivity index (χ1v) is 6.65. The second-order valence-corrected chi connectivity index (χ2v) is 4.98. The zero-order chi connectivity index (χ0) is 16.3. The number of aromatic nitrogens is 2. The molecule has 1 aromatic heterocycles. The van der Waals surface area contributed by atoms with E-state index in [2.05, 4.69) is 10.4 Å². The highest BCUT2D eigenvalue weighted by Gasteiger charge is 2.38. The van der Waals surface area contributed by atoms with Gasteiger partial charge in [0.05, 0.1) is 12.3 Å². The van der Waals surface area contributed by atoms with Crippen molar-refractivity contribution in [1.82, 2.24) is 14.7 Å². The summed E-state index contributed by atoms with van der Waals surface area (Å²) in [6, 6.07) is -0.578. The zero-order valence-electron chi connectivity index (χ0n) is 12.3. The summed E-state index contributed by atoms with van der Waals surface area (Å²) in [7, 11) is 2.95. The van der Waals surface area contributed by atoms with E-state index in [1.165, 1.54) is 11.9 Å². The van der Waals surface area contributed by atoms with Crippen LogP contribution in [0.25, 0.3) is 0 Å². The number of nitrogens with zero attached hydrogens (tertiary/aromatic N) is 3. The zero-order valence-corrected chi connectivity index (χ0v) is 12.3. The van der Waals surface area contributed by atoms with E-state index in [4.69, 9.17) is 4.74 Å². The van der Waals surface area contributed by atoms with E-state index in [-0.39, 0.29) is 5.69 Å². The van der Waals surface area contributed by atoms with Crippen molar-refractivity contribution in [1.29, 1.82) is 0 Å². The Labute approximate surface area is 125 Å². The van der Waals surface area contributed by atoms with E-state index >= 15 is 0 Å². The van der Waals surface area contributed by atoms with Crippen LogP contribution in [-0.2, 0) is 18.0 Å². The van der Waals surface area contributed by atoms with Gasteiger partial charge in [-0.15, -0.1) is 0 Å². The first-order chi connectivity index (χ1) is 10.3. The van der Waals surface area contributed by atoms with Gasteiger partial charge in [0.1, 0.15) is 0 Å². The number of amides is 2. The van der Waals surface area contributed by atoms with E-state index in [1.54, 1.807) is 7.11 Å². The number of nitrogens with one attached hydrogen (secondary N) is 1. The van der Waals surface area contributed by atoms with Crippen LogP contribution < -0.4 is 5.32 Å². The molecule has 0 radical (unpaired) electrons. The fourth-order valence-corrected chi connectivity index (χ4v) is 2.20. The molecule has 0 unspecified atom stereocenters. The molecule has 1 aliphatic rings. The Morgan fingerprint density at radius 1 is 1.50 bits per heavy atom. The monoisotopic (exact) mass is 318 g/mol. The lowest BCUT2D eigenvalue weighted by Crippen LogP contribution is -2.38. The van der Waals surface area contributed by atoms with Gasteiger partial charge in [-0.3, -0.25) is 4.68 Å². The number of carbonyl (C=O) groups excluding carboxylic acids is 1. The average molecular weight is 318 g/mol. The van der Waals surface area contributed by atoms with E-state index in [0.29, 0.717) is 26.1 Å². The Balaban J connectivity index is 2.05. The van der Waals surface area contributed by atoms with Crippen molar-refractivity contribution in [3.05, 3.63) is 23.5 Å². The molecule has 122 valence electrons. The molecular formula is C13H17F3N4O2. The molecule has 0 atom stereocenters. The highest BCUT2D eigenvalue weighted by atomic mass is 19.4. The smallest absolute Gasteiger partial charge is 0.380 e. The standard InChI is InChI=1S/C13H17F3N4O2/c1-19-7-10(11(18-19)13(14,15)16)17-12(21)20-5-3-9(4-6-20)8-22-2/h3,7H,4-6,8H2,1-2H3,(H,17,21). The van der Waals surface area contributed by atoms with Gasteiger partial charge in [-0.25, -0.2) is 4.79 Å². The Kier molecular flexibility index (Phi) is 4.74. The third-order valence-electron chi connectivity index (χ3n) is 3.26. The summed E-state index contributed by atoms with van der Waals surface area (Å²) >= 11 is 0. The van der Waals surface area contributed by atoms with Crippen molar-refractivity contribution in [3.63, 3.8) is 0 Å². The van der Waals surface area contributed by atoms with Gasteiger partial charge in [0, 0.05) is 33.4 Å². The van der Waals surface area contributed by atoms with Crippen LogP contribution >= 0.6 is 0 Å². The van der Waals surface area contributed by atoms with Gasteiger partial charge in [0.15, 0.2) is 5.69 Å². The molecule has 0 aromatic carbocycles. The molecule has 6 nitrogen and oxygen atoms in total. The molecule has 2 amide bonds. The molecule has 22 heavy (non-hydrogen) atoms. The fraction of sp³-hybridized carbons (Fsp3) is 0.538. The molecule has 2 rings (SSSR count). The fourth-order valence-electron chi connectivity index (χ4n) is 2.20. The number of hydrogen-bond donors (Lipinski definition) is 1. The molecule has 2 heterocycles. The predicted octanol–water partition coefficient (Wildman–Crippen LogP) is 2.25. The summed E-state index contributed by atoms with van der Waals surface area (Å²) in [5.74, 6) is 0. The molecule has 0 spiro atoms. The third kappa shape index (κ3) is 3.79. The van der Waals surface area contributed by atoms with Crippen LogP contribution in [0, 0.1) is 0 Å². The van der Waals surface area contributed by atoms with Crippen LogP contribution in [0.4, 0.5) is 23.7 Å². The van der Waals surface area contributed by atoms with Crippen molar-refractivity contribution in [3.8, 4) is 0 Å². The van der Waals surface area contributed by atoms with Crippen LogP contribution in [0.3, 0.4) is 0 Å². The summed E-state index contributed by atoms with van der Waals surface area (Å²) in [5, 5.41) is 5.62. The Morgan fingerprint density at radius 3 is 2.77 bits per heavy atom. The maximum Gasteiger partial charge on any atom is 0.437 e. The predicted molar refractivity (Wildman–Crippen MR) is 73.4 cm³/mol. The first-order valence-electron chi connectivity index (χ1n) is 6.65. The maximum absolute atomic E-state index is 12.8. The summed E-state index contributed by atoms with van der Waals surface area (Å²) in [6.07, 6.45) is -0.991. The van der Waals surface area contributed by atoms with Crippen LogP contribution in [-0.4, -0.2) is 47.5 Å². The van der Waals surface area contributed by atoms with E-state index in [0.717, 1.165) is 16.5 Å². The van der Waals surface area contributed by atoms with Crippen LogP contribution in [0.2, 0.25) is 0 Å². The number of methoxy groups -OCH3 is 1. The molecule has 0 fully saturated rings. The molecule has 0 aliphatic carbocycles. The third-order valence-corrected chi connectivity index (χ3v) is 3.26. The van der Waals surface area contributed by atoms with E-state index in [1.807, 2.05) is 6.08 Å². The van der Waals surface area contributed by atoms with Gasteiger partial charge >= 0.3 is 12.2 Å². The van der Waals surface area contributed by atoms with Crippen molar-refractivity contribution in [2.75, 3.05) is 32.1 Å². The molecule has 0 bridgehead atoms. The van der Waals surface area contributed by atoms with Gasteiger partial charge in [-0.1, -0.05) is 6.08 Å². The van der Waals surface area contributed by atoms with Crippen molar-refractivity contribution in [2.24, 2.45) is 7.05 Å². The minimum atomic E-state index is -4.61. The van der Waals surface area contributed by atoms with Gasteiger partial charge < -0.3 is 15.0 Å². The molecule has 1 aromatic rings. The SMILES string of the molecule is COCC1=CCN(C(=O)Nc2cn(C)nc2C(F)(F)F)CC1. The largest absolute Gasteiger partial charge is 0.437 e. The number of halogens is 3. The molecule has 1 N–H and O–H groups in total. The second-order valence-electron chi connectivity index (χ2n) is 4.98. The van der Waals surface area contributed by atoms with Crippen molar-refractivity contribution in [2.45, 2.75) is 12.6 Å². The quantitative estimate of drug-likeness (QED) is 0.870. The van der Waals surface area contributed by atoms with Gasteiger partial charge in [0.25, 0.3) is 0 Å². The lowest BCUT2D eigenvalue weighted by atomic mass is 10.1. The van der Waals surface area contributed by atoms with E-state index < -0.39 is 17.9 Å².